The summed E-state index contributed by atoms with van der Waals surface area (Å²) in [4.78, 5) is -0.287. The second-order valence-electron chi connectivity index (χ2n) is 2.69. The van der Waals surface area contributed by atoms with Gasteiger partial charge in [0, 0.05) is 10.0 Å². The van der Waals surface area contributed by atoms with Crippen LogP contribution in [0.1, 0.15) is 12.5 Å². The molecule has 0 saturated heterocycles. The number of benzene rings is 1. The van der Waals surface area contributed by atoms with Crippen LogP contribution in [0.3, 0.4) is 0 Å². The fourth-order valence-electron chi connectivity index (χ4n) is 1.07. The summed E-state index contributed by atoms with van der Waals surface area (Å²) in [6, 6.07) is 2.36. The highest BCUT2D eigenvalue weighted by atomic mass is 35.5. The van der Waals surface area contributed by atoms with Crippen LogP contribution in [0, 0.1) is 0 Å². The molecule has 0 amide bonds. The SMILES string of the molecule is CCc1c(Cl)cc(S(=O)(=O)O)cc1Cl. The molecule has 1 aromatic rings. The minimum atomic E-state index is -4.24. The third kappa shape index (κ3) is 2.39. The Balaban J connectivity index is 3.43. The van der Waals surface area contributed by atoms with Gasteiger partial charge in [0.15, 0.2) is 0 Å². The highest BCUT2D eigenvalue weighted by molar-refractivity contribution is 7.85. The Morgan fingerprint density at radius 1 is 1.29 bits per heavy atom. The van der Waals surface area contributed by atoms with Gasteiger partial charge in [0.25, 0.3) is 10.1 Å². The summed E-state index contributed by atoms with van der Waals surface area (Å²) in [5.74, 6) is 0. The first-order chi connectivity index (χ1) is 6.36. The van der Waals surface area contributed by atoms with Gasteiger partial charge in [0.05, 0.1) is 4.90 Å². The zero-order valence-electron chi connectivity index (χ0n) is 7.29. The maximum absolute atomic E-state index is 10.8. The van der Waals surface area contributed by atoms with Gasteiger partial charge in [-0.2, -0.15) is 8.42 Å². The summed E-state index contributed by atoms with van der Waals surface area (Å²) in [5.41, 5.74) is 0.667. The summed E-state index contributed by atoms with van der Waals surface area (Å²) >= 11 is 11.6. The van der Waals surface area contributed by atoms with Crippen molar-refractivity contribution in [2.75, 3.05) is 0 Å². The topological polar surface area (TPSA) is 54.4 Å². The van der Waals surface area contributed by atoms with Crippen molar-refractivity contribution in [2.24, 2.45) is 0 Å². The van der Waals surface area contributed by atoms with E-state index in [1.165, 1.54) is 12.1 Å². The van der Waals surface area contributed by atoms with E-state index in [9.17, 15) is 8.42 Å². The lowest BCUT2D eigenvalue weighted by Gasteiger charge is -2.05. The van der Waals surface area contributed by atoms with E-state index < -0.39 is 10.1 Å². The molecule has 14 heavy (non-hydrogen) atoms. The van der Waals surface area contributed by atoms with E-state index in [1.54, 1.807) is 0 Å². The van der Waals surface area contributed by atoms with Crippen LogP contribution in [0.4, 0.5) is 0 Å². The quantitative estimate of drug-likeness (QED) is 0.826. The molecule has 1 aromatic carbocycles. The predicted octanol–water partition coefficient (Wildman–Crippen LogP) is 2.80. The highest BCUT2D eigenvalue weighted by Gasteiger charge is 2.14. The highest BCUT2D eigenvalue weighted by Crippen LogP contribution is 2.28. The second-order valence-corrected chi connectivity index (χ2v) is 4.93. The molecule has 0 aliphatic carbocycles. The first kappa shape index (κ1) is 11.8. The minimum absolute atomic E-state index is 0.243. The van der Waals surface area contributed by atoms with Crippen molar-refractivity contribution < 1.29 is 13.0 Å². The molecule has 0 atom stereocenters. The molecule has 6 heteroatoms. The monoisotopic (exact) mass is 254 g/mol. The lowest BCUT2D eigenvalue weighted by atomic mass is 10.2. The van der Waals surface area contributed by atoms with Crippen molar-refractivity contribution in [2.45, 2.75) is 18.2 Å². The predicted molar refractivity (Wildman–Crippen MR) is 55.7 cm³/mol. The lowest BCUT2D eigenvalue weighted by molar-refractivity contribution is 0.483. The normalized spacial score (nSPS) is 11.7. The summed E-state index contributed by atoms with van der Waals surface area (Å²) in [5, 5.41) is 0.486. The number of rotatable bonds is 2. The van der Waals surface area contributed by atoms with Crippen molar-refractivity contribution >= 4 is 33.3 Å². The Morgan fingerprint density at radius 3 is 2.00 bits per heavy atom. The van der Waals surface area contributed by atoms with Crippen LogP contribution in [-0.2, 0) is 16.5 Å². The Labute approximate surface area is 92.4 Å². The van der Waals surface area contributed by atoms with Gasteiger partial charge in [-0.3, -0.25) is 4.55 Å². The van der Waals surface area contributed by atoms with Crippen molar-refractivity contribution in [1.82, 2.24) is 0 Å². The Morgan fingerprint density at radius 2 is 1.71 bits per heavy atom. The molecule has 0 unspecified atom stereocenters. The van der Waals surface area contributed by atoms with Crippen LogP contribution in [-0.4, -0.2) is 13.0 Å². The first-order valence-electron chi connectivity index (χ1n) is 3.81. The van der Waals surface area contributed by atoms with E-state index in [0.717, 1.165) is 0 Å². The van der Waals surface area contributed by atoms with Crippen molar-refractivity contribution in [3.8, 4) is 0 Å². The van der Waals surface area contributed by atoms with Crippen LogP contribution >= 0.6 is 23.2 Å². The van der Waals surface area contributed by atoms with Crippen molar-refractivity contribution in [1.29, 1.82) is 0 Å². The summed E-state index contributed by atoms with van der Waals surface area (Å²) in [6.45, 7) is 1.85. The smallest absolute Gasteiger partial charge is 0.282 e. The molecule has 1 rings (SSSR count). The Hall–Kier alpha value is -0.290. The number of hydrogen-bond donors (Lipinski definition) is 1. The van der Waals surface area contributed by atoms with E-state index >= 15 is 0 Å². The molecule has 0 aliphatic heterocycles. The maximum atomic E-state index is 10.8. The van der Waals surface area contributed by atoms with E-state index in [-0.39, 0.29) is 14.9 Å². The molecule has 0 radical (unpaired) electrons. The van der Waals surface area contributed by atoms with E-state index in [2.05, 4.69) is 0 Å². The third-order valence-corrected chi connectivity index (χ3v) is 3.27. The molecule has 1 N–H and O–H groups in total. The van der Waals surface area contributed by atoms with E-state index in [4.69, 9.17) is 27.8 Å². The van der Waals surface area contributed by atoms with Crippen LogP contribution in [0.5, 0.6) is 0 Å². The zero-order chi connectivity index (χ0) is 10.9. The van der Waals surface area contributed by atoms with Gasteiger partial charge in [0.2, 0.25) is 0 Å². The minimum Gasteiger partial charge on any atom is -0.282 e. The Bertz CT molecular complexity index is 431. The average Bonchev–Trinajstić information content (AvgIpc) is 2.01. The second kappa shape index (κ2) is 4.06. The van der Waals surface area contributed by atoms with Crippen LogP contribution in [0.25, 0.3) is 0 Å². The molecular formula is C8H8Cl2O3S. The Kier molecular flexibility index (Phi) is 3.42. The van der Waals surface area contributed by atoms with Gasteiger partial charge in [0.1, 0.15) is 0 Å². The molecule has 0 bridgehead atoms. The zero-order valence-corrected chi connectivity index (χ0v) is 9.62. The van der Waals surface area contributed by atoms with E-state index in [1.807, 2.05) is 6.92 Å². The molecule has 0 aliphatic rings. The molecule has 0 fully saturated rings. The standard InChI is InChI=1S/C8H8Cl2O3S/c1-2-6-7(9)3-5(4-8(6)10)14(11,12)13/h3-4H,2H2,1H3,(H,11,12,13). The van der Waals surface area contributed by atoms with Crippen molar-refractivity contribution in [3.05, 3.63) is 27.7 Å². The van der Waals surface area contributed by atoms with Gasteiger partial charge in [-0.25, -0.2) is 0 Å². The first-order valence-corrected chi connectivity index (χ1v) is 6.01. The van der Waals surface area contributed by atoms with Crippen LogP contribution in [0.15, 0.2) is 17.0 Å². The van der Waals surface area contributed by atoms with Gasteiger partial charge in [-0.1, -0.05) is 30.1 Å². The molecule has 0 spiro atoms. The third-order valence-electron chi connectivity index (χ3n) is 1.77. The molecule has 0 heterocycles. The number of hydrogen-bond acceptors (Lipinski definition) is 2. The number of halogens is 2. The van der Waals surface area contributed by atoms with Gasteiger partial charge >= 0.3 is 0 Å². The summed E-state index contributed by atoms with van der Waals surface area (Å²) < 4.78 is 30.3. The van der Waals surface area contributed by atoms with Gasteiger partial charge < -0.3 is 0 Å². The lowest BCUT2D eigenvalue weighted by Crippen LogP contribution is -1.99. The summed E-state index contributed by atoms with van der Waals surface area (Å²) in [7, 11) is -4.24. The molecule has 0 aromatic heterocycles. The van der Waals surface area contributed by atoms with Crippen LogP contribution < -0.4 is 0 Å². The fourth-order valence-corrected chi connectivity index (χ4v) is 2.48. The maximum Gasteiger partial charge on any atom is 0.294 e. The molecular weight excluding hydrogens is 247 g/mol. The molecule has 0 saturated carbocycles. The van der Waals surface area contributed by atoms with Crippen LogP contribution in [0.2, 0.25) is 10.0 Å². The van der Waals surface area contributed by atoms with Crippen molar-refractivity contribution in [3.63, 3.8) is 0 Å². The fraction of sp³-hybridized carbons (Fsp3) is 0.250. The average molecular weight is 255 g/mol. The summed E-state index contributed by atoms with van der Waals surface area (Å²) in [6.07, 6.45) is 0.601. The largest absolute Gasteiger partial charge is 0.294 e. The molecule has 78 valence electrons. The van der Waals surface area contributed by atoms with Gasteiger partial charge in [-0.15, -0.1) is 0 Å². The van der Waals surface area contributed by atoms with Gasteiger partial charge in [-0.05, 0) is 24.1 Å². The van der Waals surface area contributed by atoms with E-state index in [0.29, 0.717) is 12.0 Å². The molecule has 3 nitrogen and oxygen atoms in total.